The largest absolute Gasteiger partial charge is 0.389 e. The van der Waals surface area contributed by atoms with Gasteiger partial charge in [-0.25, -0.2) is 4.39 Å². The summed E-state index contributed by atoms with van der Waals surface area (Å²) in [5.41, 5.74) is 6.56. The second kappa shape index (κ2) is 6.51. The standard InChI is InChI=1S/C13H11Br2FN2S2/c1-18(5-8-4-7(14)6-20-8)10-3-2-9(13(17)19)11(15)12(10)16/h2-4,6H,5H2,1H3,(H2,17,19). The van der Waals surface area contributed by atoms with Gasteiger partial charge in [0.15, 0.2) is 5.82 Å². The van der Waals surface area contributed by atoms with E-state index in [2.05, 4.69) is 31.9 Å². The topological polar surface area (TPSA) is 29.3 Å². The van der Waals surface area contributed by atoms with Crippen LogP contribution in [0.25, 0.3) is 0 Å². The maximum absolute atomic E-state index is 14.4. The van der Waals surface area contributed by atoms with Gasteiger partial charge in [0.05, 0.1) is 16.7 Å². The van der Waals surface area contributed by atoms with E-state index in [9.17, 15) is 4.39 Å². The first kappa shape index (κ1) is 15.9. The zero-order valence-electron chi connectivity index (χ0n) is 10.5. The molecular formula is C13H11Br2FN2S2. The van der Waals surface area contributed by atoms with E-state index in [4.69, 9.17) is 18.0 Å². The van der Waals surface area contributed by atoms with Crippen LogP contribution in [0.15, 0.2) is 32.5 Å². The van der Waals surface area contributed by atoms with E-state index in [1.54, 1.807) is 23.5 Å². The van der Waals surface area contributed by atoms with Gasteiger partial charge in [-0.1, -0.05) is 12.2 Å². The molecule has 2 aromatic rings. The van der Waals surface area contributed by atoms with E-state index in [0.717, 1.165) is 9.35 Å². The number of hydrogen-bond donors (Lipinski definition) is 1. The quantitative estimate of drug-likeness (QED) is 0.704. The van der Waals surface area contributed by atoms with E-state index in [0.29, 0.717) is 22.3 Å². The Balaban J connectivity index is 2.28. The minimum atomic E-state index is -0.353. The smallest absolute Gasteiger partial charge is 0.161 e. The SMILES string of the molecule is CN(Cc1cc(Br)cs1)c1ccc(C(N)=S)c(Br)c1F. The molecule has 0 atom stereocenters. The van der Waals surface area contributed by atoms with Crippen molar-refractivity contribution in [1.82, 2.24) is 0 Å². The van der Waals surface area contributed by atoms with Crippen LogP contribution >= 0.6 is 55.4 Å². The Morgan fingerprint density at radius 2 is 2.15 bits per heavy atom. The van der Waals surface area contributed by atoms with Crippen LogP contribution in [0.3, 0.4) is 0 Å². The minimum absolute atomic E-state index is 0.173. The Kier molecular flexibility index (Phi) is 5.17. The van der Waals surface area contributed by atoms with Crippen molar-refractivity contribution < 1.29 is 4.39 Å². The molecule has 2 nitrogen and oxygen atoms in total. The predicted molar refractivity (Wildman–Crippen MR) is 94.1 cm³/mol. The first-order valence-electron chi connectivity index (χ1n) is 5.62. The molecule has 2 rings (SSSR count). The van der Waals surface area contributed by atoms with Gasteiger partial charge in [-0.2, -0.15) is 0 Å². The van der Waals surface area contributed by atoms with Crippen LogP contribution in [-0.2, 0) is 6.54 Å². The number of benzene rings is 1. The van der Waals surface area contributed by atoms with Crippen LogP contribution in [0.5, 0.6) is 0 Å². The van der Waals surface area contributed by atoms with Gasteiger partial charge in [-0.15, -0.1) is 11.3 Å². The van der Waals surface area contributed by atoms with E-state index >= 15 is 0 Å². The lowest BCUT2D eigenvalue weighted by Crippen LogP contribution is -2.18. The van der Waals surface area contributed by atoms with Gasteiger partial charge in [0.25, 0.3) is 0 Å². The third-order valence-electron chi connectivity index (χ3n) is 2.75. The number of nitrogens with zero attached hydrogens (tertiary/aromatic N) is 1. The van der Waals surface area contributed by atoms with Crippen molar-refractivity contribution in [2.45, 2.75) is 6.54 Å². The summed E-state index contributed by atoms with van der Waals surface area (Å²) in [6.45, 7) is 0.631. The number of halogens is 3. The van der Waals surface area contributed by atoms with Crippen LogP contribution in [0.1, 0.15) is 10.4 Å². The number of thiophene rings is 1. The zero-order chi connectivity index (χ0) is 14.9. The van der Waals surface area contributed by atoms with Crippen molar-refractivity contribution in [2.75, 3.05) is 11.9 Å². The summed E-state index contributed by atoms with van der Waals surface area (Å²) in [7, 11) is 1.85. The fourth-order valence-corrected chi connectivity index (χ4v) is 4.13. The summed E-state index contributed by atoms with van der Waals surface area (Å²) in [6.07, 6.45) is 0. The van der Waals surface area contributed by atoms with Crippen LogP contribution in [0.4, 0.5) is 10.1 Å². The molecule has 0 bridgehead atoms. The molecule has 0 unspecified atom stereocenters. The van der Waals surface area contributed by atoms with Gasteiger partial charge in [0.1, 0.15) is 4.99 Å². The molecule has 0 fully saturated rings. The number of rotatable bonds is 4. The van der Waals surface area contributed by atoms with Crippen molar-refractivity contribution in [1.29, 1.82) is 0 Å². The molecule has 0 spiro atoms. The Labute approximate surface area is 143 Å². The molecule has 2 N–H and O–H groups in total. The molecular weight excluding hydrogens is 427 g/mol. The minimum Gasteiger partial charge on any atom is -0.389 e. The summed E-state index contributed by atoms with van der Waals surface area (Å²) in [6, 6.07) is 5.44. The van der Waals surface area contributed by atoms with Gasteiger partial charge >= 0.3 is 0 Å². The molecule has 7 heteroatoms. The molecule has 106 valence electrons. The molecule has 0 saturated heterocycles. The first-order chi connectivity index (χ1) is 9.40. The van der Waals surface area contributed by atoms with Gasteiger partial charge in [0, 0.05) is 27.3 Å². The summed E-state index contributed by atoms with van der Waals surface area (Å²) in [4.78, 5) is 3.17. The number of anilines is 1. The van der Waals surface area contributed by atoms with Crippen LogP contribution in [0.2, 0.25) is 0 Å². The lowest BCUT2D eigenvalue weighted by Gasteiger charge is -2.20. The molecule has 1 aromatic heterocycles. The average Bonchev–Trinajstić information content (AvgIpc) is 2.77. The maximum Gasteiger partial charge on any atom is 0.161 e. The molecule has 0 aliphatic rings. The van der Waals surface area contributed by atoms with Crippen LogP contribution < -0.4 is 10.6 Å². The van der Waals surface area contributed by atoms with Crippen LogP contribution in [0, 0.1) is 5.82 Å². The third-order valence-corrected chi connectivity index (χ3v) is 5.43. The summed E-state index contributed by atoms with van der Waals surface area (Å²) in [5.74, 6) is -0.353. The molecule has 1 heterocycles. The zero-order valence-corrected chi connectivity index (χ0v) is 15.3. The second-order valence-electron chi connectivity index (χ2n) is 4.21. The molecule has 0 radical (unpaired) electrons. The van der Waals surface area contributed by atoms with Gasteiger partial charge in [0.2, 0.25) is 0 Å². The van der Waals surface area contributed by atoms with Gasteiger partial charge in [-0.3, -0.25) is 0 Å². The summed E-state index contributed by atoms with van der Waals surface area (Å²) < 4.78 is 15.7. The normalized spacial score (nSPS) is 10.6. The lowest BCUT2D eigenvalue weighted by molar-refractivity contribution is 0.615. The molecule has 0 amide bonds. The molecule has 1 aromatic carbocycles. The van der Waals surface area contributed by atoms with Crippen molar-refractivity contribution in [3.8, 4) is 0 Å². The van der Waals surface area contributed by atoms with E-state index in [1.807, 2.05) is 23.4 Å². The highest BCUT2D eigenvalue weighted by molar-refractivity contribution is 9.10. The molecule has 0 aliphatic carbocycles. The second-order valence-corrected chi connectivity index (χ2v) is 7.36. The van der Waals surface area contributed by atoms with Crippen molar-refractivity contribution in [3.63, 3.8) is 0 Å². The van der Waals surface area contributed by atoms with Crippen molar-refractivity contribution in [3.05, 3.63) is 48.8 Å². The predicted octanol–water partition coefficient (Wildman–Crippen LogP) is 4.68. The monoisotopic (exact) mass is 436 g/mol. The van der Waals surface area contributed by atoms with Crippen LogP contribution in [-0.4, -0.2) is 12.0 Å². The third kappa shape index (κ3) is 3.39. The highest BCUT2D eigenvalue weighted by atomic mass is 79.9. The highest BCUT2D eigenvalue weighted by Gasteiger charge is 2.16. The summed E-state index contributed by atoms with van der Waals surface area (Å²) >= 11 is 13.1. The Bertz CT molecular complexity index is 658. The lowest BCUT2D eigenvalue weighted by atomic mass is 10.2. The molecule has 20 heavy (non-hydrogen) atoms. The summed E-state index contributed by atoms with van der Waals surface area (Å²) in [5, 5.41) is 2.01. The average molecular weight is 438 g/mol. The number of hydrogen-bond acceptors (Lipinski definition) is 3. The first-order valence-corrected chi connectivity index (χ1v) is 8.49. The maximum atomic E-state index is 14.4. The van der Waals surface area contributed by atoms with E-state index < -0.39 is 0 Å². The Morgan fingerprint density at radius 3 is 2.70 bits per heavy atom. The highest BCUT2D eigenvalue weighted by Crippen LogP contribution is 2.30. The molecule has 0 saturated carbocycles. The van der Waals surface area contributed by atoms with Crippen molar-refractivity contribution >= 4 is 66.1 Å². The Morgan fingerprint density at radius 1 is 1.45 bits per heavy atom. The number of nitrogens with two attached hydrogens (primary N) is 1. The van der Waals surface area contributed by atoms with E-state index in [1.165, 1.54) is 0 Å². The van der Waals surface area contributed by atoms with E-state index in [-0.39, 0.29) is 10.8 Å². The fraction of sp³-hybridized carbons (Fsp3) is 0.154. The molecule has 0 aliphatic heterocycles. The fourth-order valence-electron chi connectivity index (χ4n) is 1.78. The Hall–Kier alpha value is -0.500. The number of thiocarbonyl (C=S) groups is 1. The van der Waals surface area contributed by atoms with Gasteiger partial charge in [-0.05, 0) is 50.1 Å². The van der Waals surface area contributed by atoms with Gasteiger partial charge < -0.3 is 10.6 Å². The van der Waals surface area contributed by atoms with Crippen molar-refractivity contribution in [2.24, 2.45) is 5.73 Å².